The van der Waals surface area contributed by atoms with Crippen LogP contribution in [-0.2, 0) is 19.1 Å². The van der Waals surface area contributed by atoms with Gasteiger partial charge in [-0.15, -0.1) is 0 Å². The average Bonchev–Trinajstić information content (AvgIpc) is 2.57. The molecule has 138 valence electrons. The standard InChI is InChI=1S/C16H16N2O8/c1-3-25-15(19)7-5-11-9-12(6-8-16(20)26-4-2)14(18(23)24)10-13(11)17(21)22/h5-10H,3-4H2,1-2H3. The molecule has 0 aliphatic heterocycles. The molecular weight excluding hydrogens is 348 g/mol. The van der Waals surface area contributed by atoms with Crippen LogP contribution in [0.3, 0.4) is 0 Å². The first-order valence-electron chi connectivity index (χ1n) is 7.46. The van der Waals surface area contributed by atoms with E-state index in [2.05, 4.69) is 9.47 Å². The van der Waals surface area contributed by atoms with Crippen molar-refractivity contribution in [2.75, 3.05) is 13.2 Å². The van der Waals surface area contributed by atoms with Crippen LogP contribution in [0.1, 0.15) is 25.0 Å². The summed E-state index contributed by atoms with van der Waals surface area (Å²) in [4.78, 5) is 43.5. The SMILES string of the molecule is CCOC(=O)C=Cc1cc(C=CC(=O)OCC)c([N+](=O)[O-])cc1[N+](=O)[O-]. The van der Waals surface area contributed by atoms with Crippen LogP contribution in [0, 0.1) is 20.2 Å². The van der Waals surface area contributed by atoms with Crippen LogP contribution >= 0.6 is 0 Å². The monoisotopic (exact) mass is 364 g/mol. The third-order valence-corrected chi connectivity index (χ3v) is 2.94. The first kappa shape index (κ1) is 20.5. The van der Waals surface area contributed by atoms with Gasteiger partial charge < -0.3 is 9.47 Å². The van der Waals surface area contributed by atoms with Gasteiger partial charge in [-0.2, -0.15) is 0 Å². The number of rotatable bonds is 8. The van der Waals surface area contributed by atoms with Crippen LogP contribution < -0.4 is 0 Å². The van der Waals surface area contributed by atoms with Gasteiger partial charge in [0.15, 0.2) is 0 Å². The molecule has 0 bridgehead atoms. The lowest BCUT2D eigenvalue weighted by molar-refractivity contribution is -0.394. The summed E-state index contributed by atoms with van der Waals surface area (Å²) < 4.78 is 9.37. The Kier molecular flexibility index (Phi) is 7.62. The predicted molar refractivity (Wildman–Crippen MR) is 91.1 cm³/mol. The van der Waals surface area contributed by atoms with E-state index < -0.39 is 33.2 Å². The van der Waals surface area contributed by atoms with Crippen molar-refractivity contribution < 1.29 is 28.9 Å². The molecule has 0 unspecified atom stereocenters. The van der Waals surface area contributed by atoms with E-state index in [1.54, 1.807) is 13.8 Å². The van der Waals surface area contributed by atoms with E-state index in [9.17, 15) is 29.8 Å². The van der Waals surface area contributed by atoms with E-state index in [-0.39, 0.29) is 24.3 Å². The normalized spacial score (nSPS) is 10.8. The Morgan fingerprint density at radius 3 is 1.58 bits per heavy atom. The zero-order chi connectivity index (χ0) is 19.7. The van der Waals surface area contributed by atoms with Crippen LogP contribution in [-0.4, -0.2) is 35.0 Å². The molecular formula is C16H16N2O8. The summed E-state index contributed by atoms with van der Waals surface area (Å²) in [6.07, 6.45) is 4.16. The highest BCUT2D eigenvalue weighted by atomic mass is 16.6. The predicted octanol–water partition coefficient (Wildman–Crippen LogP) is 2.66. The van der Waals surface area contributed by atoms with Gasteiger partial charge in [0, 0.05) is 12.2 Å². The molecule has 1 aromatic rings. The first-order chi connectivity index (χ1) is 12.3. The summed E-state index contributed by atoms with van der Waals surface area (Å²) in [6.45, 7) is 3.44. The maximum Gasteiger partial charge on any atom is 0.330 e. The number of nitro groups is 2. The molecule has 0 radical (unpaired) electrons. The number of carbonyl (C=O) groups excluding carboxylic acids is 2. The third-order valence-electron chi connectivity index (χ3n) is 2.94. The van der Waals surface area contributed by atoms with Crippen LogP contribution in [0.5, 0.6) is 0 Å². The molecule has 1 rings (SSSR count). The molecule has 0 N–H and O–H groups in total. The number of nitrogens with zero attached hydrogens (tertiary/aromatic N) is 2. The van der Waals surface area contributed by atoms with Gasteiger partial charge in [0.2, 0.25) is 0 Å². The smallest absolute Gasteiger partial charge is 0.330 e. The van der Waals surface area contributed by atoms with E-state index in [4.69, 9.17) is 0 Å². The minimum absolute atomic E-state index is 0.0582. The van der Waals surface area contributed by atoms with E-state index in [0.29, 0.717) is 0 Å². The van der Waals surface area contributed by atoms with Crippen molar-refractivity contribution in [1.29, 1.82) is 0 Å². The Morgan fingerprint density at radius 2 is 1.27 bits per heavy atom. The van der Waals surface area contributed by atoms with Crippen molar-refractivity contribution in [3.63, 3.8) is 0 Å². The Morgan fingerprint density at radius 1 is 0.885 bits per heavy atom. The van der Waals surface area contributed by atoms with Gasteiger partial charge in [0.25, 0.3) is 11.4 Å². The van der Waals surface area contributed by atoms with Crippen LogP contribution in [0.4, 0.5) is 11.4 Å². The lowest BCUT2D eigenvalue weighted by atomic mass is 10.0. The number of ether oxygens (including phenoxy) is 2. The Balaban J connectivity index is 3.41. The van der Waals surface area contributed by atoms with E-state index in [1.807, 2.05) is 0 Å². The van der Waals surface area contributed by atoms with Crippen molar-refractivity contribution in [2.45, 2.75) is 13.8 Å². The number of nitro benzene ring substituents is 2. The molecule has 0 aliphatic carbocycles. The van der Waals surface area contributed by atoms with Crippen molar-refractivity contribution in [3.8, 4) is 0 Å². The van der Waals surface area contributed by atoms with Crippen molar-refractivity contribution in [1.82, 2.24) is 0 Å². The third kappa shape index (κ3) is 5.82. The molecule has 0 aromatic heterocycles. The fourth-order valence-electron chi connectivity index (χ4n) is 1.89. The molecule has 0 fully saturated rings. The number of hydrogen-bond acceptors (Lipinski definition) is 8. The van der Waals surface area contributed by atoms with Gasteiger partial charge in [-0.3, -0.25) is 20.2 Å². The lowest BCUT2D eigenvalue weighted by Crippen LogP contribution is -2.01. The molecule has 0 saturated heterocycles. The summed E-state index contributed by atoms with van der Waals surface area (Å²) in [5.41, 5.74) is -1.25. The zero-order valence-corrected chi connectivity index (χ0v) is 14.0. The lowest BCUT2D eigenvalue weighted by Gasteiger charge is -2.03. The zero-order valence-electron chi connectivity index (χ0n) is 14.0. The minimum atomic E-state index is -0.809. The van der Waals surface area contributed by atoms with Gasteiger partial charge in [0.1, 0.15) is 0 Å². The van der Waals surface area contributed by atoms with Gasteiger partial charge in [-0.1, -0.05) is 0 Å². The van der Waals surface area contributed by atoms with Gasteiger partial charge >= 0.3 is 11.9 Å². The van der Waals surface area contributed by atoms with E-state index in [1.165, 1.54) is 0 Å². The maximum atomic E-state index is 11.4. The molecule has 0 atom stereocenters. The van der Waals surface area contributed by atoms with E-state index >= 15 is 0 Å². The van der Waals surface area contributed by atoms with Crippen LogP contribution in [0.15, 0.2) is 24.3 Å². The fraction of sp³-hybridized carbons (Fsp3) is 0.250. The van der Waals surface area contributed by atoms with Gasteiger partial charge in [-0.25, -0.2) is 9.59 Å². The molecule has 0 aliphatic rings. The summed E-state index contributed by atoms with van der Waals surface area (Å²) >= 11 is 0. The number of hydrogen-bond donors (Lipinski definition) is 0. The summed E-state index contributed by atoms with van der Waals surface area (Å²) in [5.74, 6) is -1.44. The summed E-state index contributed by atoms with van der Waals surface area (Å²) in [7, 11) is 0. The van der Waals surface area contributed by atoms with Gasteiger partial charge in [-0.05, 0) is 32.1 Å². The molecule has 10 heteroatoms. The average molecular weight is 364 g/mol. The fourth-order valence-corrected chi connectivity index (χ4v) is 1.89. The largest absolute Gasteiger partial charge is 0.463 e. The second-order valence-corrected chi connectivity index (χ2v) is 4.65. The summed E-state index contributed by atoms with van der Waals surface area (Å²) in [6, 6.07) is 1.89. The number of carbonyl (C=O) groups is 2. The maximum absolute atomic E-state index is 11.4. The molecule has 26 heavy (non-hydrogen) atoms. The minimum Gasteiger partial charge on any atom is -0.463 e. The highest BCUT2D eigenvalue weighted by molar-refractivity contribution is 5.90. The van der Waals surface area contributed by atoms with Crippen molar-refractivity contribution in [3.05, 3.63) is 55.6 Å². The second-order valence-electron chi connectivity index (χ2n) is 4.65. The molecule has 0 amide bonds. The second kappa shape index (κ2) is 9.67. The highest BCUT2D eigenvalue weighted by Gasteiger charge is 2.22. The van der Waals surface area contributed by atoms with Crippen LogP contribution in [0.2, 0.25) is 0 Å². The molecule has 0 heterocycles. The molecule has 1 aromatic carbocycles. The van der Waals surface area contributed by atoms with Crippen LogP contribution in [0.25, 0.3) is 12.2 Å². The van der Waals surface area contributed by atoms with Crippen molar-refractivity contribution >= 4 is 35.5 Å². The Labute approximate surface area is 148 Å². The molecule has 10 nitrogen and oxygen atoms in total. The van der Waals surface area contributed by atoms with Gasteiger partial charge in [0.05, 0.1) is 40.3 Å². The molecule has 0 saturated carbocycles. The van der Waals surface area contributed by atoms with Crippen molar-refractivity contribution in [2.24, 2.45) is 0 Å². The topological polar surface area (TPSA) is 139 Å². The Bertz CT molecular complexity index is 721. The molecule has 0 spiro atoms. The highest BCUT2D eigenvalue weighted by Crippen LogP contribution is 2.30. The number of esters is 2. The quantitative estimate of drug-likeness (QED) is 0.297. The van der Waals surface area contributed by atoms with E-state index in [0.717, 1.165) is 36.4 Å². The summed E-state index contributed by atoms with van der Waals surface area (Å²) in [5, 5.41) is 22.3. The first-order valence-corrected chi connectivity index (χ1v) is 7.46. The number of benzene rings is 1. The Hall–Kier alpha value is -3.56.